The maximum atomic E-state index is 14.3. The molecule has 0 aromatic rings. The van der Waals surface area contributed by atoms with E-state index in [1.165, 1.54) is 54.5 Å². The Hall–Kier alpha value is -3.93. The number of rotatable bonds is 27. The van der Waals surface area contributed by atoms with E-state index in [4.69, 9.17) is 0 Å². The van der Waals surface area contributed by atoms with Crippen LogP contribution in [0.3, 0.4) is 0 Å². The third-order valence-corrected chi connectivity index (χ3v) is 12.3. The summed E-state index contributed by atoms with van der Waals surface area (Å²) in [5, 5.41) is 9.47. The van der Waals surface area contributed by atoms with Gasteiger partial charge in [-0.05, 0) is 81.7 Å². The van der Waals surface area contributed by atoms with Crippen LogP contribution >= 0.6 is 11.8 Å². The molecule has 0 aromatic heterocycles. The molecule has 0 aromatic carbocycles. The summed E-state index contributed by atoms with van der Waals surface area (Å²) in [6.07, 6.45) is 2.30. The molecular formula is C44H83N9O8S. The zero-order valence-corrected chi connectivity index (χ0v) is 41.9. The molecule has 6 atom stereocenters. The van der Waals surface area contributed by atoms with Crippen molar-refractivity contribution in [2.45, 2.75) is 151 Å². The number of hydrogen-bond acceptors (Lipinski definition) is 10. The minimum atomic E-state index is -1.19. The first-order valence-corrected chi connectivity index (χ1v) is 23.4. The molecule has 0 rings (SSSR count). The van der Waals surface area contributed by atoms with E-state index in [2.05, 4.69) is 40.0 Å². The van der Waals surface area contributed by atoms with Crippen LogP contribution in [0.4, 0.5) is 4.79 Å². The normalized spacial score (nSPS) is 14.4. The lowest BCUT2D eigenvalue weighted by Crippen LogP contribution is -2.61. The second-order valence-corrected chi connectivity index (χ2v) is 18.9. The van der Waals surface area contributed by atoms with Crippen LogP contribution in [0.5, 0.6) is 0 Å². The molecule has 0 radical (unpaired) electrons. The Morgan fingerprint density at radius 3 is 1.58 bits per heavy atom. The van der Waals surface area contributed by atoms with Crippen LogP contribution in [0.1, 0.15) is 115 Å². The summed E-state index contributed by atoms with van der Waals surface area (Å²) in [5.74, 6) is -3.65. The molecule has 0 heterocycles. The van der Waals surface area contributed by atoms with Crippen LogP contribution in [-0.2, 0) is 33.6 Å². The minimum absolute atomic E-state index is 0.0644. The van der Waals surface area contributed by atoms with Gasteiger partial charge in [-0.15, -0.1) is 11.8 Å². The molecule has 0 aliphatic rings. The summed E-state index contributed by atoms with van der Waals surface area (Å²) < 4.78 is 0. The number of hydrogen-bond donors (Lipinski definition) is 4. The van der Waals surface area contributed by atoms with E-state index in [1.807, 2.05) is 48.5 Å². The van der Waals surface area contributed by atoms with Crippen molar-refractivity contribution in [3.8, 4) is 0 Å². The van der Waals surface area contributed by atoms with Crippen LogP contribution in [0, 0.1) is 23.7 Å². The van der Waals surface area contributed by atoms with Crippen LogP contribution < -0.4 is 21.3 Å². The molecule has 62 heavy (non-hydrogen) atoms. The fourth-order valence-corrected chi connectivity index (χ4v) is 8.18. The number of thioether (sulfide) groups is 1. The highest BCUT2D eigenvalue weighted by atomic mass is 32.2. The van der Waals surface area contributed by atoms with Gasteiger partial charge in [-0.1, -0.05) is 76.2 Å². The average Bonchev–Trinajstić information content (AvgIpc) is 3.20. The van der Waals surface area contributed by atoms with Gasteiger partial charge in [0.1, 0.15) is 30.2 Å². The van der Waals surface area contributed by atoms with E-state index in [0.717, 1.165) is 31.0 Å². The number of urea groups is 1. The van der Waals surface area contributed by atoms with Gasteiger partial charge in [-0.3, -0.25) is 38.9 Å². The first-order valence-electron chi connectivity index (χ1n) is 22.4. The van der Waals surface area contributed by atoms with Gasteiger partial charge in [0.2, 0.25) is 35.4 Å². The zero-order valence-electron chi connectivity index (χ0n) is 41.0. The smallest absolute Gasteiger partial charge is 0.324 e. The lowest BCUT2D eigenvalue weighted by molar-refractivity contribution is -0.147. The summed E-state index contributed by atoms with van der Waals surface area (Å²) in [4.78, 5) is 116. The number of nitrogens with one attached hydrogen (secondary N) is 4. The largest absolute Gasteiger partial charge is 0.357 e. The van der Waals surface area contributed by atoms with E-state index in [1.54, 1.807) is 27.9 Å². The molecule has 9 amide bonds. The third-order valence-electron chi connectivity index (χ3n) is 10.9. The summed E-state index contributed by atoms with van der Waals surface area (Å²) in [5.41, 5.74) is 0. The molecule has 4 N–H and O–H groups in total. The van der Waals surface area contributed by atoms with Crippen molar-refractivity contribution in [2.75, 3.05) is 60.6 Å². The summed E-state index contributed by atoms with van der Waals surface area (Å²) in [7, 11) is 7.51. The van der Waals surface area contributed by atoms with Gasteiger partial charge < -0.3 is 40.4 Å². The standard InChI is InChI=1S/C44H83N9O8S/c1-18-22-34(54)51(16)43(62-24-21-23-53(19-2)20-3)42(60)52(17)36(30(10)11)40(58)47-35(29(8)9)41(59)49(14)33(26-28(6)7)39(57)46-31(12)37(55)48-44(61)50(15)32(25-27(4)5)38(56)45-13/h27-33,35-36,43H,18-26H2,1-17H3,(H,45,56)(H,46,57)(H,47,58)(H,48,55,61)/t31-,32-,33-,35-,36-,43+/m0/s1. The van der Waals surface area contributed by atoms with E-state index in [9.17, 15) is 38.4 Å². The molecule has 0 unspecified atom stereocenters. The molecule has 358 valence electrons. The Morgan fingerprint density at radius 1 is 0.597 bits per heavy atom. The van der Waals surface area contributed by atoms with Crippen LogP contribution in [0.2, 0.25) is 0 Å². The Kier molecular flexibility index (Phi) is 26.9. The highest BCUT2D eigenvalue weighted by Crippen LogP contribution is 2.23. The first-order chi connectivity index (χ1) is 28.8. The summed E-state index contributed by atoms with van der Waals surface area (Å²) >= 11 is 1.38. The number of carbonyl (C=O) groups excluding carboxylic acids is 8. The predicted molar refractivity (Wildman–Crippen MR) is 247 cm³/mol. The molecule has 0 aliphatic heterocycles. The van der Waals surface area contributed by atoms with Crippen molar-refractivity contribution in [3.63, 3.8) is 0 Å². The van der Waals surface area contributed by atoms with E-state index in [0.29, 0.717) is 18.6 Å². The second-order valence-electron chi connectivity index (χ2n) is 17.7. The predicted octanol–water partition coefficient (Wildman–Crippen LogP) is 3.37. The van der Waals surface area contributed by atoms with Gasteiger partial charge in [0.05, 0.1) is 0 Å². The van der Waals surface area contributed by atoms with Crippen molar-refractivity contribution in [1.29, 1.82) is 0 Å². The highest BCUT2D eigenvalue weighted by Gasteiger charge is 2.40. The van der Waals surface area contributed by atoms with Crippen LogP contribution in [0.15, 0.2) is 0 Å². The van der Waals surface area contributed by atoms with Crippen molar-refractivity contribution in [3.05, 3.63) is 0 Å². The molecule has 0 saturated heterocycles. The molecule has 18 heteroatoms. The summed E-state index contributed by atoms with van der Waals surface area (Å²) in [6.45, 7) is 24.9. The van der Waals surface area contributed by atoms with Crippen molar-refractivity contribution in [1.82, 2.24) is 45.8 Å². The Bertz CT molecular complexity index is 1480. The summed E-state index contributed by atoms with van der Waals surface area (Å²) in [6, 6.07) is -5.97. The first kappa shape index (κ1) is 58.1. The second kappa shape index (κ2) is 28.7. The molecule has 0 fully saturated rings. The van der Waals surface area contributed by atoms with E-state index < -0.39 is 77.1 Å². The maximum absolute atomic E-state index is 14.3. The van der Waals surface area contributed by atoms with Gasteiger partial charge >= 0.3 is 6.03 Å². The molecule has 17 nitrogen and oxygen atoms in total. The fraction of sp³-hybridized carbons (Fsp3) is 0.818. The maximum Gasteiger partial charge on any atom is 0.324 e. The number of amides is 9. The lowest BCUT2D eigenvalue weighted by atomic mass is 9.96. The van der Waals surface area contributed by atoms with Gasteiger partial charge in [-0.25, -0.2) is 4.79 Å². The minimum Gasteiger partial charge on any atom is -0.357 e. The molecule has 0 bridgehead atoms. The SMILES string of the molecule is CCCC(=O)N(C)[C@H](SCCCN(CC)CC)C(=O)N(C)[C@H](C(=O)N[C@H](C(=O)N(C)[C@@H](CC(C)C)C(=O)N[C@@H](C)C(=O)NC(=O)N(C)[C@@H](CC(C)C)C(=O)NC)C(C)C)C(C)C. The van der Waals surface area contributed by atoms with Crippen molar-refractivity contribution >= 4 is 59.1 Å². The molecule has 0 aliphatic carbocycles. The van der Waals surface area contributed by atoms with Crippen molar-refractivity contribution < 1.29 is 38.4 Å². The number of likely N-dealkylation sites (N-methyl/N-ethyl adjacent to an activating group) is 5. The Morgan fingerprint density at radius 2 is 1.13 bits per heavy atom. The number of imide groups is 1. The Balaban J connectivity index is 6.33. The Labute approximate surface area is 377 Å². The number of nitrogens with zero attached hydrogens (tertiary/aromatic N) is 5. The molecular weight excluding hydrogens is 815 g/mol. The van der Waals surface area contributed by atoms with Crippen molar-refractivity contribution in [2.24, 2.45) is 23.7 Å². The van der Waals surface area contributed by atoms with Crippen LogP contribution in [-0.4, -0.2) is 168 Å². The topological polar surface area (TPSA) is 201 Å². The van der Waals surface area contributed by atoms with Gasteiger partial charge in [-0.2, -0.15) is 0 Å². The molecule has 0 spiro atoms. The van der Waals surface area contributed by atoms with E-state index in [-0.39, 0.29) is 42.4 Å². The zero-order chi connectivity index (χ0) is 48.2. The van der Waals surface area contributed by atoms with Gasteiger partial charge in [0.25, 0.3) is 5.91 Å². The highest BCUT2D eigenvalue weighted by molar-refractivity contribution is 8.00. The monoisotopic (exact) mass is 898 g/mol. The third kappa shape index (κ3) is 18.4. The lowest BCUT2D eigenvalue weighted by Gasteiger charge is -2.37. The van der Waals surface area contributed by atoms with Crippen LogP contribution in [0.25, 0.3) is 0 Å². The average molecular weight is 898 g/mol. The fourth-order valence-electron chi connectivity index (χ4n) is 7.02. The number of carbonyl (C=O) groups is 8. The van der Waals surface area contributed by atoms with Gasteiger partial charge in [0, 0.05) is 41.7 Å². The molecule has 0 saturated carbocycles. The quantitative estimate of drug-likeness (QED) is 0.0701. The van der Waals surface area contributed by atoms with Gasteiger partial charge in [0.15, 0.2) is 5.37 Å². The van der Waals surface area contributed by atoms with E-state index >= 15 is 0 Å².